The van der Waals surface area contributed by atoms with Crippen LogP contribution in [0.5, 0.6) is 0 Å². The number of aldehydes is 1. The van der Waals surface area contributed by atoms with Gasteiger partial charge in [0.15, 0.2) is 18.2 Å². The monoisotopic (exact) mass is 441 g/mol. The predicted octanol–water partition coefficient (Wildman–Crippen LogP) is 0.804. The normalized spacial score (nSPS) is 11.0. The summed E-state index contributed by atoms with van der Waals surface area (Å²) >= 11 is 0. The van der Waals surface area contributed by atoms with E-state index < -0.39 is 12.0 Å². The molecule has 0 fully saturated rings. The lowest BCUT2D eigenvalue weighted by atomic mass is 10.1. The number of carbonyl (C=O) groups is 2. The quantitative estimate of drug-likeness (QED) is 0.456. The molecular formula is C23H31N5O4. The fourth-order valence-electron chi connectivity index (χ4n) is 2.16. The van der Waals surface area contributed by atoms with Gasteiger partial charge in [-0.2, -0.15) is 0 Å². The van der Waals surface area contributed by atoms with E-state index in [0.29, 0.717) is 42.2 Å². The molecule has 2 rings (SSSR count). The second kappa shape index (κ2) is 13.9. The largest absolute Gasteiger partial charge is 0.383 e. The molecule has 0 saturated carbocycles. The highest BCUT2D eigenvalue weighted by Crippen LogP contribution is 2.20. The average molecular weight is 442 g/mol. The van der Waals surface area contributed by atoms with Gasteiger partial charge in [-0.15, -0.1) is 0 Å². The van der Waals surface area contributed by atoms with Crippen molar-refractivity contribution in [3.8, 4) is 23.2 Å². The minimum atomic E-state index is -1.34. The topological polar surface area (TPSA) is 122 Å². The molecule has 1 aromatic carbocycles. The maximum absolute atomic E-state index is 11.7. The maximum Gasteiger partial charge on any atom is 0.267 e. The first-order valence-electron chi connectivity index (χ1n) is 10.0. The van der Waals surface area contributed by atoms with Gasteiger partial charge >= 0.3 is 0 Å². The number of aliphatic hydroxyl groups is 1. The number of hydrogen-bond acceptors (Lipinski definition) is 8. The van der Waals surface area contributed by atoms with Crippen molar-refractivity contribution in [1.29, 1.82) is 0 Å². The van der Waals surface area contributed by atoms with Crippen LogP contribution in [0.25, 0.3) is 11.4 Å². The molecule has 0 spiro atoms. The summed E-state index contributed by atoms with van der Waals surface area (Å²) in [6, 6.07) is 8.44. The summed E-state index contributed by atoms with van der Waals surface area (Å²) < 4.78 is 5.06. The number of likely N-dealkylation sites (N-methyl/N-ethyl adjacent to an activating group) is 1. The number of primary amides is 1. The first kappa shape index (κ1) is 26.7. The smallest absolute Gasteiger partial charge is 0.267 e. The molecule has 1 amide bonds. The minimum Gasteiger partial charge on any atom is -0.383 e. The van der Waals surface area contributed by atoms with Crippen molar-refractivity contribution in [2.45, 2.75) is 13.0 Å². The van der Waals surface area contributed by atoms with E-state index in [9.17, 15) is 14.7 Å². The van der Waals surface area contributed by atoms with Gasteiger partial charge in [0.2, 0.25) is 0 Å². The van der Waals surface area contributed by atoms with Gasteiger partial charge in [-0.25, -0.2) is 9.97 Å². The van der Waals surface area contributed by atoms with Gasteiger partial charge in [0.25, 0.3) is 5.91 Å². The third kappa shape index (κ3) is 9.22. The van der Waals surface area contributed by atoms with Gasteiger partial charge in [0.1, 0.15) is 11.5 Å². The Morgan fingerprint density at radius 2 is 1.97 bits per heavy atom. The minimum absolute atomic E-state index is 0.0899. The number of methoxy groups -OCH3 is 1. The van der Waals surface area contributed by atoms with Gasteiger partial charge in [-0.05, 0) is 32.8 Å². The zero-order chi connectivity index (χ0) is 24.1. The molecule has 0 aliphatic carbocycles. The highest BCUT2D eigenvalue weighted by Gasteiger charge is 2.13. The van der Waals surface area contributed by atoms with Crippen LogP contribution in [-0.4, -0.2) is 86.2 Å². The van der Waals surface area contributed by atoms with Crippen LogP contribution in [0.1, 0.15) is 23.0 Å². The molecule has 0 aliphatic heterocycles. The van der Waals surface area contributed by atoms with E-state index in [1.165, 1.54) is 6.07 Å². The maximum atomic E-state index is 11.7. The molecular weight excluding hydrogens is 410 g/mol. The SMILES string of the molecule is CCN(C)C.COCCN(C)c1cc(C(N)=O)nc(-c2cccc(C#CC(O)C=O)c2)n1. The van der Waals surface area contributed by atoms with E-state index in [4.69, 9.17) is 10.5 Å². The van der Waals surface area contributed by atoms with Gasteiger partial charge in [0, 0.05) is 37.9 Å². The zero-order valence-electron chi connectivity index (χ0n) is 19.2. The van der Waals surface area contributed by atoms with Crippen LogP contribution in [0.2, 0.25) is 0 Å². The Hall–Kier alpha value is -3.32. The molecule has 0 bridgehead atoms. The summed E-state index contributed by atoms with van der Waals surface area (Å²) in [5.41, 5.74) is 6.67. The molecule has 0 aliphatic rings. The standard InChI is InChI=1S/C19H20N4O4.C4H11N/c1-23(8-9-27-2)17-11-16(18(20)26)21-19(22-17)14-5-3-4-13(10-14)6-7-15(25)12-24;1-4-5(2)3/h3-5,10-12,15,25H,8-9H2,1-2H3,(H2,20,26);4H2,1-3H3. The zero-order valence-corrected chi connectivity index (χ0v) is 19.2. The van der Waals surface area contributed by atoms with Crippen molar-refractivity contribution < 1.29 is 19.4 Å². The lowest BCUT2D eigenvalue weighted by Crippen LogP contribution is -2.24. The number of hydrogen-bond donors (Lipinski definition) is 2. The Bertz CT molecular complexity index is 953. The Morgan fingerprint density at radius 3 is 2.53 bits per heavy atom. The first-order chi connectivity index (χ1) is 15.2. The number of ether oxygens (including phenoxy) is 1. The summed E-state index contributed by atoms with van der Waals surface area (Å²) in [5.74, 6) is 5.29. The lowest BCUT2D eigenvalue weighted by Gasteiger charge is -2.18. The summed E-state index contributed by atoms with van der Waals surface area (Å²) in [5, 5.41) is 9.24. The molecule has 1 heterocycles. The van der Waals surface area contributed by atoms with Crippen LogP contribution in [0.4, 0.5) is 5.82 Å². The fraction of sp³-hybridized carbons (Fsp3) is 0.391. The molecule has 32 heavy (non-hydrogen) atoms. The first-order valence-corrected chi connectivity index (χ1v) is 10.0. The summed E-state index contributed by atoms with van der Waals surface area (Å²) in [4.78, 5) is 34.8. The highest BCUT2D eigenvalue weighted by atomic mass is 16.5. The molecule has 3 N–H and O–H groups in total. The van der Waals surface area contributed by atoms with Crippen LogP contribution in [0.15, 0.2) is 30.3 Å². The number of aromatic nitrogens is 2. The third-order valence-electron chi connectivity index (χ3n) is 4.23. The number of carbonyl (C=O) groups excluding carboxylic acids is 2. The van der Waals surface area contributed by atoms with Crippen LogP contribution in [0.3, 0.4) is 0 Å². The second-order valence-corrected chi connectivity index (χ2v) is 7.04. The van der Waals surface area contributed by atoms with Gasteiger partial charge in [-0.3, -0.25) is 9.59 Å². The van der Waals surface area contributed by atoms with Gasteiger partial charge < -0.3 is 25.4 Å². The van der Waals surface area contributed by atoms with Crippen molar-refractivity contribution in [1.82, 2.24) is 14.9 Å². The number of nitrogens with two attached hydrogens (primary N) is 1. The average Bonchev–Trinajstić information content (AvgIpc) is 2.81. The van der Waals surface area contributed by atoms with E-state index >= 15 is 0 Å². The molecule has 9 nitrogen and oxygen atoms in total. The van der Waals surface area contributed by atoms with Crippen LogP contribution >= 0.6 is 0 Å². The molecule has 172 valence electrons. The second-order valence-electron chi connectivity index (χ2n) is 7.04. The molecule has 9 heteroatoms. The van der Waals surface area contributed by atoms with E-state index in [1.54, 1.807) is 31.4 Å². The van der Waals surface area contributed by atoms with Gasteiger partial charge in [-0.1, -0.05) is 30.9 Å². The molecule has 1 aromatic heterocycles. The Kier molecular flexibility index (Phi) is 11.6. The third-order valence-corrected chi connectivity index (χ3v) is 4.23. The molecule has 1 unspecified atom stereocenters. The Balaban J connectivity index is 0.000000920. The van der Waals surface area contributed by atoms with Crippen LogP contribution in [0, 0.1) is 11.8 Å². The van der Waals surface area contributed by atoms with E-state index in [-0.39, 0.29) is 5.69 Å². The summed E-state index contributed by atoms with van der Waals surface area (Å²) in [6.07, 6.45) is -0.998. The van der Waals surface area contributed by atoms with Crippen molar-refractivity contribution in [2.75, 3.05) is 52.8 Å². The number of anilines is 1. The van der Waals surface area contributed by atoms with Crippen molar-refractivity contribution in [3.05, 3.63) is 41.6 Å². The van der Waals surface area contributed by atoms with E-state index in [2.05, 4.69) is 47.7 Å². The number of rotatable bonds is 8. The van der Waals surface area contributed by atoms with Crippen LogP contribution < -0.4 is 10.6 Å². The Labute approximate surface area is 189 Å². The number of amides is 1. The van der Waals surface area contributed by atoms with E-state index in [1.807, 2.05) is 11.9 Å². The fourth-order valence-corrected chi connectivity index (χ4v) is 2.16. The number of nitrogens with zero attached hydrogens (tertiary/aromatic N) is 4. The molecule has 0 radical (unpaired) electrons. The molecule has 1 atom stereocenters. The van der Waals surface area contributed by atoms with Crippen molar-refractivity contribution in [2.24, 2.45) is 5.73 Å². The van der Waals surface area contributed by atoms with Crippen molar-refractivity contribution >= 4 is 18.0 Å². The van der Waals surface area contributed by atoms with E-state index in [0.717, 1.165) is 6.54 Å². The molecule has 2 aromatic rings. The lowest BCUT2D eigenvalue weighted by molar-refractivity contribution is -0.112. The highest BCUT2D eigenvalue weighted by molar-refractivity contribution is 5.92. The summed E-state index contributed by atoms with van der Waals surface area (Å²) in [7, 11) is 7.53. The number of benzene rings is 1. The van der Waals surface area contributed by atoms with Gasteiger partial charge in [0.05, 0.1) is 6.61 Å². The Morgan fingerprint density at radius 1 is 1.28 bits per heavy atom. The molecule has 0 saturated heterocycles. The van der Waals surface area contributed by atoms with Crippen LogP contribution in [-0.2, 0) is 9.53 Å². The summed E-state index contributed by atoms with van der Waals surface area (Å²) in [6.45, 7) is 4.33. The van der Waals surface area contributed by atoms with Crippen molar-refractivity contribution in [3.63, 3.8) is 0 Å². The predicted molar refractivity (Wildman–Crippen MR) is 124 cm³/mol. The number of aliphatic hydroxyl groups excluding tert-OH is 1.